The van der Waals surface area contributed by atoms with Crippen molar-refractivity contribution < 1.29 is 24.9 Å². The molecule has 0 atom stereocenters. The topological polar surface area (TPSA) is 164 Å². The Hall–Kier alpha value is -4.59. The Morgan fingerprint density at radius 3 is 1.60 bits per heavy atom. The third kappa shape index (κ3) is 13.3. The maximum absolute atomic E-state index is 11.8. The van der Waals surface area contributed by atoms with Gasteiger partial charge in [0.15, 0.2) is 0 Å². The molecule has 0 saturated carbocycles. The minimum atomic E-state index is -1.37. The summed E-state index contributed by atoms with van der Waals surface area (Å²) in [6.45, 7) is 2.49. The molecule has 250 valence electrons. The number of aliphatic hydroxyl groups excluding tert-OH is 3. The summed E-state index contributed by atoms with van der Waals surface area (Å²) in [4.78, 5) is 40.6. The summed E-state index contributed by atoms with van der Waals surface area (Å²) in [5.74, 6) is -0.366. The third-order valence-corrected chi connectivity index (χ3v) is 7.32. The lowest BCUT2D eigenvalue weighted by Gasteiger charge is -2.28. The van der Waals surface area contributed by atoms with E-state index in [9.17, 15) is 9.59 Å². The van der Waals surface area contributed by atoms with E-state index in [1.807, 2.05) is 91.3 Å². The normalized spacial score (nSPS) is 11.1. The number of hydrogen-bond donors (Lipinski definition) is 5. The van der Waals surface area contributed by atoms with Crippen LogP contribution in [0.25, 0.3) is 0 Å². The number of pyridine rings is 3. The van der Waals surface area contributed by atoms with E-state index in [1.54, 1.807) is 13.2 Å². The van der Waals surface area contributed by atoms with Crippen LogP contribution in [0.5, 0.6) is 0 Å². The monoisotopic (exact) mass is 643 g/mol. The minimum Gasteiger partial charge on any atom is -0.394 e. The van der Waals surface area contributed by atoms with Crippen LogP contribution in [-0.4, -0.2) is 104 Å². The van der Waals surface area contributed by atoms with Gasteiger partial charge in [-0.2, -0.15) is 0 Å². The molecule has 12 nitrogen and oxygen atoms in total. The summed E-state index contributed by atoms with van der Waals surface area (Å²) in [6, 6.07) is 25.1. The molecule has 0 aliphatic heterocycles. The Morgan fingerprint density at radius 1 is 0.723 bits per heavy atom. The first-order valence-electron chi connectivity index (χ1n) is 15.4. The number of carbonyl (C=O) groups is 2. The fourth-order valence-electron chi connectivity index (χ4n) is 4.58. The Morgan fingerprint density at radius 2 is 1.19 bits per heavy atom. The van der Waals surface area contributed by atoms with Gasteiger partial charge >= 0.3 is 0 Å². The van der Waals surface area contributed by atoms with Crippen molar-refractivity contribution in [2.45, 2.75) is 31.6 Å². The fourth-order valence-corrected chi connectivity index (χ4v) is 4.58. The average molecular weight is 644 g/mol. The van der Waals surface area contributed by atoms with Crippen LogP contribution in [0.15, 0.2) is 97.5 Å². The molecule has 0 unspecified atom stereocenters. The Labute approximate surface area is 276 Å². The summed E-state index contributed by atoms with van der Waals surface area (Å²) in [5, 5.41) is 32.8. The molecule has 1 amide bonds. The molecule has 0 fully saturated rings. The van der Waals surface area contributed by atoms with Gasteiger partial charge in [0.25, 0.3) is 0 Å². The number of benzene rings is 1. The van der Waals surface area contributed by atoms with Gasteiger partial charge in [-0.15, -0.1) is 0 Å². The zero-order chi connectivity index (χ0) is 33.7. The zero-order valence-electron chi connectivity index (χ0n) is 26.8. The third-order valence-electron chi connectivity index (χ3n) is 7.32. The molecule has 12 heteroatoms. The van der Waals surface area contributed by atoms with E-state index in [2.05, 4.69) is 35.4 Å². The van der Waals surface area contributed by atoms with Gasteiger partial charge in [0.2, 0.25) is 5.91 Å². The van der Waals surface area contributed by atoms with Crippen molar-refractivity contribution >= 4 is 17.9 Å². The highest BCUT2D eigenvalue weighted by Crippen LogP contribution is 2.11. The van der Waals surface area contributed by atoms with E-state index in [4.69, 9.17) is 15.3 Å². The fraction of sp³-hybridized carbons (Fsp3) is 0.343. The van der Waals surface area contributed by atoms with Gasteiger partial charge in [0.1, 0.15) is 11.8 Å². The second kappa shape index (κ2) is 20.5. The smallest absolute Gasteiger partial charge is 0.225 e. The van der Waals surface area contributed by atoms with Gasteiger partial charge in [0.05, 0.1) is 49.9 Å². The molecule has 4 aromatic rings. The minimum absolute atomic E-state index is 0.117. The van der Waals surface area contributed by atoms with Crippen LogP contribution in [0.1, 0.15) is 22.6 Å². The predicted molar refractivity (Wildman–Crippen MR) is 180 cm³/mol. The summed E-state index contributed by atoms with van der Waals surface area (Å²) >= 11 is 0. The molecule has 0 aliphatic carbocycles. The molecular formula is C35H45N7O5. The van der Waals surface area contributed by atoms with E-state index in [-0.39, 0.29) is 12.3 Å². The number of carbonyl (C=O) groups excluding carboxylic acids is 2. The predicted octanol–water partition coefficient (Wildman–Crippen LogP) is 1.68. The molecular weight excluding hydrogens is 598 g/mol. The maximum Gasteiger partial charge on any atom is 0.225 e. The van der Waals surface area contributed by atoms with Crippen molar-refractivity contribution in [2.24, 2.45) is 0 Å². The highest BCUT2D eigenvalue weighted by molar-refractivity contribution is 5.79. The van der Waals surface area contributed by atoms with E-state index < -0.39 is 25.4 Å². The van der Waals surface area contributed by atoms with E-state index in [0.29, 0.717) is 13.1 Å². The van der Waals surface area contributed by atoms with Gasteiger partial charge in [-0.25, -0.2) is 0 Å². The van der Waals surface area contributed by atoms with Crippen molar-refractivity contribution in [2.75, 3.05) is 51.8 Å². The second-order valence-electron chi connectivity index (χ2n) is 11.0. The molecule has 0 radical (unpaired) electrons. The molecule has 1 aromatic carbocycles. The first-order valence-corrected chi connectivity index (χ1v) is 15.4. The van der Waals surface area contributed by atoms with Gasteiger partial charge in [-0.3, -0.25) is 29.5 Å². The molecule has 4 rings (SSSR count). The van der Waals surface area contributed by atoms with Crippen LogP contribution in [0.4, 0.5) is 5.69 Å². The number of nitrogens with one attached hydrogen (secondary N) is 2. The molecule has 0 aliphatic rings. The van der Waals surface area contributed by atoms with Crippen LogP contribution in [0.2, 0.25) is 0 Å². The zero-order valence-corrected chi connectivity index (χ0v) is 26.8. The molecule has 3 aromatic heterocycles. The number of rotatable bonds is 18. The lowest BCUT2D eigenvalue weighted by molar-refractivity contribution is -0.124. The van der Waals surface area contributed by atoms with Crippen LogP contribution < -0.4 is 10.6 Å². The standard InChI is InChI=1S/C22H25N5O.C13H20N2O4/c28-16-15-26(17-20-7-1-4-10-23-20)13-14-27(18-21-8-2-5-11-24-21)19-22-9-3-6-12-25-22;1-14-11-4-2-10(3-5-11)6-12(19)15-13(7-16,8-17)9-18/h1-12,16H,13-15,17-19H2;2-5,14,16-18H,6-9H2,1H3,(H,15,19). The summed E-state index contributed by atoms with van der Waals surface area (Å²) in [5.41, 5.74) is 3.38. The van der Waals surface area contributed by atoms with Crippen LogP contribution in [-0.2, 0) is 35.6 Å². The Balaban J connectivity index is 0.000000277. The number of aliphatic hydroxyl groups is 3. The Kier molecular flexibility index (Phi) is 16.1. The first kappa shape index (κ1) is 36.9. The highest BCUT2D eigenvalue weighted by Gasteiger charge is 2.29. The summed E-state index contributed by atoms with van der Waals surface area (Å²) in [7, 11) is 1.81. The molecule has 0 saturated heterocycles. The van der Waals surface area contributed by atoms with Crippen LogP contribution in [0, 0.1) is 0 Å². The molecule has 0 spiro atoms. The number of nitrogens with zero attached hydrogens (tertiary/aromatic N) is 5. The van der Waals surface area contributed by atoms with Crippen molar-refractivity contribution in [1.82, 2.24) is 30.1 Å². The van der Waals surface area contributed by atoms with Gasteiger partial charge in [0, 0.05) is 64.0 Å². The SMILES string of the molecule is CNc1ccc(CC(=O)NC(CO)(CO)CO)cc1.O=CCN(CCN(Cc1ccccn1)Cc1ccccn1)Cc1ccccn1. The van der Waals surface area contributed by atoms with Crippen molar-refractivity contribution in [3.05, 3.63) is 120 Å². The number of anilines is 1. The average Bonchev–Trinajstić information content (AvgIpc) is 3.11. The molecule has 3 heterocycles. The largest absolute Gasteiger partial charge is 0.394 e. The van der Waals surface area contributed by atoms with Crippen molar-refractivity contribution in [3.8, 4) is 0 Å². The number of aromatic nitrogens is 3. The Bertz CT molecular complexity index is 1380. The van der Waals surface area contributed by atoms with Crippen LogP contribution >= 0.6 is 0 Å². The van der Waals surface area contributed by atoms with E-state index in [0.717, 1.165) is 60.8 Å². The lowest BCUT2D eigenvalue weighted by Crippen LogP contribution is -2.57. The quantitative estimate of drug-likeness (QED) is 0.100. The van der Waals surface area contributed by atoms with Crippen molar-refractivity contribution in [3.63, 3.8) is 0 Å². The number of hydrogen-bond acceptors (Lipinski definition) is 11. The number of amides is 1. The first-order chi connectivity index (χ1) is 22.9. The second-order valence-corrected chi connectivity index (χ2v) is 11.0. The molecule has 0 bridgehead atoms. The van der Waals surface area contributed by atoms with Crippen molar-refractivity contribution in [1.29, 1.82) is 0 Å². The van der Waals surface area contributed by atoms with E-state index in [1.165, 1.54) is 0 Å². The summed E-state index contributed by atoms with van der Waals surface area (Å²) in [6.07, 6.45) is 6.47. The number of aldehydes is 1. The van der Waals surface area contributed by atoms with Crippen LogP contribution in [0.3, 0.4) is 0 Å². The van der Waals surface area contributed by atoms with Gasteiger partial charge < -0.3 is 30.7 Å². The highest BCUT2D eigenvalue weighted by atomic mass is 16.3. The summed E-state index contributed by atoms with van der Waals surface area (Å²) < 4.78 is 0. The molecule has 5 N–H and O–H groups in total. The lowest BCUT2D eigenvalue weighted by atomic mass is 10.0. The van der Waals surface area contributed by atoms with Gasteiger partial charge in [-0.05, 0) is 54.1 Å². The van der Waals surface area contributed by atoms with Gasteiger partial charge in [-0.1, -0.05) is 30.3 Å². The molecule has 47 heavy (non-hydrogen) atoms. The maximum atomic E-state index is 11.8. The van der Waals surface area contributed by atoms with E-state index >= 15 is 0 Å².